The van der Waals surface area contributed by atoms with Gasteiger partial charge in [-0.15, -0.1) is 0 Å². The van der Waals surface area contributed by atoms with Crippen LogP contribution in [0.5, 0.6) is 0 Å². The van der Waals surface area contributed by atoms with Gasteiger partial charge in [0.05, 0.1) is 0 Å². The number of rotatable bonds is 9. The van der Waals surface area contributed by atoms with Crippen molar-refractivity contribution < 1.29 is 0 Å². The van der Waals surface area contributed by atoms with Crippen molar-refractivity contribution in [2.45, 2.75) is 106 Å². The van der Waals surface area contributed by atoms with Gasteiger partial charge in [-0.2, -0.15) is 0 Å². The van der Waals surface area contributed by atoms with E-state index in [9.17, 15) is 0 Å². The minimum atomic E-state index is 0.825. The lowest BCUT2D eigenvalue weighted by Crippen LogP contribution is -2.15. The lowest BCUT2D eigenvalue weighted by atomic mass is 9.77. The van der Waals surface area contributed by atoms with Crippen LogP contribution in [0.4, 0.5) is 0 Å². The van der Waals surface area contributed by atoms with Crippen molar-refractivity contribution in [2.24, 2.45) is 29.6 Å². The van der Waals surface area contributed by atoms with Crippen molar-refractivity contribution in [1.29, 1.82) is 0 Å². The summed E-state index contributed by atoms with van der Waals surface area (Å²) in [5.74, 6) is 4.50. The highest BCUT2D eigenvalue weighted by Gasteiger charge is 2.25. The molecule has 0 nitrogen and oxygen atoms in total. The van der Waals surface area contributed by atoms with E-state index >= 15 is 0 Å². The molecule has 27 heavy (non-hydrogen) atoms. The Morgan fingerprint density at radius 3 is 2.44 bits per heavy atom. The molecule has 0 spiro atoms. The molecule has 0 aromatic carbocycles. The predicted molar refractivity (Wildman–Crippen MR) is 122 cm³/mol. The lowest BCUT2D eigenvalue weighted by molar-refractivity contribution is 0.310. The van der Waals surface area contributed by atoms with Crippen molar-refractivity contribution in [1.82, 2.24) is 0 Å². The summed E-state index contributed by atoms with van der Waals surface area (Å²) >= 11 is 0. The van der Waals surface area contributed by atoms with E-state index in [0.29, 0.717) is 0 Å². The SMILES string of the molecule is C=C(C)C1=CCC(C(C)CC/C(C)=C(\C)C(CC)CC2CCC(C)C2)CC1. The molecule has 0 saturated heterocycles. The molecule has 0 amide bonds. The second-order valence-corrected chi connectivity index (χ2v) is 10.1. The van der Waals surface area contributed by atoms with Gasteiger partial charge < -0.3 is 0 Å². The highest BCUT2D eigenvalue weighted by molar-refractivity contribution is 5.27. The second-order valence-electron chi connectivity index (χ2n) is 10.1. The van der Waals surface area contributed by atoms with E-state index in [1.54, 1.807) is 11.1 Å². The summed E-state index contributed by atoms with van der Waals surface area (Å²) in [5.41, 5.74) is 6.20. The molecule has 2 rings (SSSR count). The van der Waals surface area contributed by atoms with Crippen LogP contribution >= 0.6 is 0 Å². The van der Waals surface area contributed by atoms with Crippen molar-refractivity contribution >= 4 is 0 Å². The normalized spacial score (nSPS) is 29.1. The van der Waals surface area contributed by atoms with Gasteiger partial charge in [-0.1, -0.05) is 63.0 Å². The topological polar surface area (TPSA) is 0 Å². The first-order chi connectivity index (χ1) is 12.8. The molecule has 0 radical (unpaired) electrons. The van der Waals surface area contributed by atoms with E-state index in [-0.39, 0.29) is 0 Å². The molecule has 2 aliphatic rings. The summed E-state index contributed by atoms with van der Waals surface area (Å²) in [6, 6.07) is 0. The van der Waals surface area contributed by atoms with E-state index in [1.165, 1.54) is 75.4 Å². The Morgan fingerprint density at radius 2 is 1.93 bits per heavy atom. The molecule has 0 bridgehead atoms. The Balaban J connectivity index is 1.84. The van der Waals surface area contributed by atoms with Crippen LogP contribution in [0.2, 0.25) is 0 Å². The first-order valence-electron chi connectivity index (χ1n) is 11.8. The van der Waals surface area contributed by atoms with Gasteiger partial charge in [0.15, 0.2) is 0 Å². The molecule has 154 valence electrons. The van der Waals surface area contributed by atoms with Gasteiger partial charge in [0.25, 0.3) is 0 Å². The number of allylic oxidation sites excluding steroid dienone is 5. The molecule has 0 heteroatoms. The molecule has 0 N–H and O–H groups in total. The van der Waals surface area contributed by atoms with E-state index in [4.69, 9.17) is 0 Å². The van der Waals surface area contributed by atoms with Gasteiger partial charge in [0, 0.05) is 0 Å². The molecule has 0 aliphatic heterocycles. The summed E-state index contributed by atoms with van der Waals surface area (Å²) in [4.78, 5) is 0. The first kappa shape index (κ1) is 22.5. The third kappa shape index (κ3) is 6.65. The van der Waals surface area contributed by atoms with Crippen LogP contribution < -0.4 is 0 Å². The molecule has 0 heterocycles. The van der Waals surface area contributed by atoms with Crippen molar-refractivity contribution in [3.63, 3.8) is 0 Å². The van der Waals surface area contributed by atoms with Gasteiger partial charge in [-0.3, -0.25) is 0 Å². The standard InChI is InChI=1S/C27H46/c1-8-25(18-24-12-9-20(4)17-24)23(7)21(5)10-11-22(6)27-15-13-26(14-16-27)19(2)3/h13,20,22,24-25,27H,2,8-12,14-18H2,1,3-7H3/b23-21+. The zero-order valence-corrected chi connectivity index (χ0v) is 19.2. The van der Waals surface area contributed by atoms with E-state index in [1.807, 2.05) is 0 Å². The number of hydrogen-bond donors (Lipinski definition) is 0. The third-order valence-corrected chi connectivity index (χ3v) is 7.98. The first-order valence-corrected chi connectivity index (χ1v) is 11.8. The largest absolute Gasteiger partial charge is 0.0958 e. The predicted octanol–water partition coefficient (Wildman–Crippen LogP) is 8.89. The minimum absolute atomic E-state index is 0.825. The maximum absolute atomic E-state index is 4.12. The van der Waals surface area contributed by atoms with Crippen LogP contribution in [-0.4, -0.2) is 0 Å². The Bertz CT molecular complexity index is 546. The maximum Gasteiger partial charge on any atom is -0.0203 e. The van der Waals surface area contributed by atoms with Crippen LogP contribution in [0.1, 0.15) is 106 Å². The lowest BCUT2D eigenvalue weighted by Gasteiger charge is -2.28. The van der Waals surface area contributed by atoms with Crippen LogP contribution in [0.25, 0.3) is 0 Å². The van der Waals surface area contributed by atoms with Crippen LogP contribution in [0, 0.1) is 29.6 Å². The zero-order valence-electron chi connectivity index (χ0n) is 19.2. The van der Waals surface area contributed by atoms with Crippen molar-refractivity contribution in [3.8, 4) is 0 Å². The summed E-state index contributed by atoms with van der Waals surface area (Å²) in [6.07, 6.45) is 16.2. The Kier molecular flexibility index (Phi) is 8.90. The van der Waals surface area contributed by atoms with Gasteiger partial charge >= 0.3 is 0 Å². The quantitative estimate of drug-likeness (QED) is 0.355. The fourth-order valence-electron chi connectivity index (χ4n) is 5.58. The van der Waals surface area contributed by atoms with Crippen molar-refractivity contribution in [2.75, 3.05) is 0 Å². The van der Waals surface area contributed by atoms with Crippen LogP contribution in [0.3, 0.4) is 0 Å². The van der Waals surface area contributed by atoms with E-state index in [0.717, 1.165) is 29.6 Å². The fraction of sp³-hybridized carbons (Fsp3) is 0.778. The Labute approximate surface area is 170 Å². The molecule has 1 fully saturated rings. The molecule has 0 aromatic rings. The summed E-state index contributed by atoms with van der Waals surface area (Å²) in [5, 5.41) is 0. The molecule has 5 unspecified atom stereocenters. The zero-order chi connectivity index (χ0) is 20.0. The van der Waals surface area contributed by atoms with Gasteiger partial charge in [0.1, 0.15) is 0 Å². The van der Waals surface area contributed by atoms with E-state index < -0.39 is 0 Å². The highest BCUT2D eigenvalue weighted by Crippen LogP contribution is 2.38. The summed E-state index contributed by atoms with van der Waals surface area (Å²) < 4.78 is 0. The molecular formula is C27H46. The maximum atomic E-state index is 4.12. The van der Waals surface area contributed by atoms with Crippen LogP contribution in [-0.2, 0) is 0 Å². The monoisotopic (exact) mass is 370 g/mol. The smallest absolute Gasteiger partial charge is 0.0203 e. The number of hydrogen-bond acceptors (Lipinski definition) is 0. The molecule has 5 atom stereocenters. The van der Waals surface area contributed by atoms with Crippen LogP contribution in [0.15, 0.2) is 34.9 Å². The summed E-state index contributed by atoms with van der Waals surface area (Å²) in [6.45, 7) is 18.5. The van der Waals surface area contributed by atoms with Gasteiger partial charge in [-0.05, 0) is 107 Å². The third-order valence-electron chi connectivity index (χ3n) is 7.98. The summed E-state index contributed by atoms with van der Waals surface area (Å²) in [7, 11) is 0. The molecule has 2 aliphatic carbocycles. The molecule has 1 saturated carbocycles. The Hall–Kier alpha value is -0.780. The van der Waals surface area contributed by atoms with E-state index in [2.05, 4.69) is 54.2 Å². The van der Waals surface area contributed by atoms with Gasteiger partial charge in [-0.25, -0.2) is 0 Å². The average molecular weight is 371 g/mol. The minimum Gasteiger partial charge on any atom is -0.0958 e. The Morgan fingerprint density at radius 1 is 1.19 bits per heavy atom. The highest BCUT2D eigenvalue weighted by atomic mass is 14.3. The molecule has 0 aromatic heterocycles. The molecular weight excluding hydrogens is 324 g/mol. The average Bonchev–Trinajstić information content (AvgIpc) is 3.08. The fourth-order valence-corrected chi connectivity index (χ4v) is 5.58. The second kappa shape index (κ2) is 10.7. The van der Waals surface area contributed by atoms with Gasteiger partial charge in [0.2, 0.25) is 0 Å². The van der Waals surface area contributed by atoms with Crippen molar-refractivity contribution in [3.05, 3.63) is 34.9 Å².